The lowest BCUT2D eigenvalue weighted by Gasteiger charge is -2.33. The van der Waals surface area contributed by atoms with E-state index >= 15 is 0 Å². The van der Waals surface area contributed by atoms with Crippen molar-refractivity contribution in [3.63, 3.8) is 0 Å². The summed E-state index contributed by atoms with van der Waals surface area (Å²) in [6.07, 6.45) is 2.85. The van der Waals surface area contributed by atoms with E-state index in [4.69, 9.17) is 4.74 Å². The van der Waals surface area contributed by atoms with Crippen molar-refractivity contribution < 1.29 is 18.3 Å². The van der Waals surface area contributed by atoms with Crippen molar-refractivity contribution in [2.75, 3.05) is 24.6 Å². The number of ether oxygens (including phenoxy) is 1. The molecule has 4 nitrogen and oxygen atoms in total. The molecule has 6 heteroatoms. The van der Waals surface area contributed by atoms with Crippen LogP contribution in [0.2, 0.25) is 0 Å². The lowest BCUT2D eigenvalue weighted by atomic mass is 10.1. The summed E-state index contributed by atoms with van der Waals surface area (Å²) in [5.41, 5.74) is 2.37. The third-order valence-electron chi connectivity index (χ3n) is 4.65. The van der Waals surface area contributed by atoms with Gasteiger partial charge in [0.15, 0.2) is 0 Å². The van der Waals surface area contributed by atoms with Crippen LogP contribution in [0.15, 0.2) is 48.5 Å². The first-order chi connectivity index (χ1) is 13.4. The maximum atomic E-state index is 13.2. The summed E-state index contributed by atoms with van der Waals surface area (Å²) < 4.78 is 32.0. The van der Waals surface area contributed by atoms with Gasteiger partial charge in [0.1, 0.15) is 11.6 Å². The Morgan fingerprint density at radius 3 is 2.71 bits per heavy atom. The molecule has 1 amide bonds. The van der Waals surface area contributed by atoms with Crippen molar-refractivity contribution in [1.29, 1.82) is 0 Å². The van der Waals surface area contributed by atoms with Crippen molar-refractivity contribution in [3.8, 4) is 0 Å². The number of nitrogens with zero attached hydrogens (tertiary/aromatic N) is 1. The highest BCUT2D eigenvalue weighted by atomic mass is 19.1. The second-order valence-corrected chi connectivity index (χ2v) is 6.99. The lowest BCUT2D eigenvalue weighted by molar-refractivity contribution is -0.117. The van der Waals surface area contributed by atoms with Crippen LogP contribution in [0.1, 0.15) is 31.0 Å². The van der Waals surface area contributed by atoms with Gasteiger partial charge in [-0.25, -0.2) is 8.78 Å². The third kappa shape index (κ3) is 5.39. The Hall–Kier alpha value is -2.73. The summed E-state index contributed by atoms with van der Waals surface area (Å²) in [5, 5.41) is 2.88. The first kappa shape index (κ1) is 20.0. The molecule has 3 rings (SSSR count). The number of anilines is 1. The van der Waals surface area contributed by atoms with Gasteiger partial charge in [0.2, 0.25) is 5.91 Å². The number of nitrogens with one attached hydrogen (secondary N) is 1. The number of rotatable bonds is 5. The van der Waals surface area contributed by atoms with Gasteiger partial charge < -0.3 is 15.0 Å². The van der Waals surface area contributed by atoms with Crippen LogP contribution in [0.5, 0.6) is 0 Å². The molecule has 0 bridgehead atoms. The largest absolute Gasteiger partial charge is 0.375 e. The Bertz CT molecular complexity index is 849. The van der Waals surface area contributed by atoms with Gasteiger partial charge in [-0.2, -0.15) is 0 Å². The fourth-order valence-electron chi connectivity index (χ4n) is 3.23. The van der Waals surface area contributed by atoms with Gasteiger partial charge in [-0.1, -0.05) is 12.1 Å². The van der Waals surface area contributed by atoms with Crippen molar-refractivity contribution in [1.82, 2.24) is 5.32 Å². The molecule has 0 spiro atoms. The van der Waals surface area contributed by atoms with E-state index in [2.05, 4.69) is 29.3 Å². The minimum atomic E-state index is -0.678. The predicted molar refractivity (Wildman–Crippen MR) is 106 cm³/mol. The number of halogens is 2. The fourth-order valence-corrected chi connectivity index (χ4v) is 3.23. The van der Waals surface area contributed by atoms with Gasteiger partial charge in [0.05, 0.1) is 18.8 Å². The highest BCUT2D eigenvalue weighted by Crippen LogP contribution is 2.22. The fraction of sp³-hybridized carbons (Fsp3) is 0.318. The number of carbonyl (C=O) groups is 1. The van der Waals surface area contributed by atoms with Crippen molar-refractivity contribution in [2.24, 2.45) is 0 Å². The van der Waals surface area contributed by atoms with E-state index in [9.17, 15) is 13.6 Å². The highest BCUT2D eigenvalue weighted by molar-refractivity contribution is 5.92. The second kappa shape index (κ2) is 8.97. The Labute approximate surface area is 163 Å². The molecule has 2 aromatic carbocycles. The van der Waals surface area contributed by atoms with Crippen LogP contribution in [0.25, 0.3) is 6.08 Å². The molecular formula is C22H24F2N2O2. The van der Waals surface area contributed by atoms with Gasteiger partial charge >= 0.3 is 0 Å². The van der Waals surface area contributed by atoms with Crippen molar-refractivity contribution >= 4 is 17.7 Å². The highest BCUT2D eigenvalue weighted by Gasteiger charge is 2.18. The molecule has 1 unspecified atom stereocenters. The monoisotopic (exact) mass is 386 g/mol. The van der Waals surface area contributed by atoms with Crippen LogP contribution in [0.3, 0.4) is 0 Å². The molecule has 0 aromatic heterocycles. The van der Waals surface area contributed by atoms with Gasteiger partial charge in [-0.05, 0) is 55.3 Å². The van der Waals surface area contributed by atoms with Crippen LogP contribution in [-0.4, -0.2) is 31.7 Å². The van der Waals surface area contributed by atoms with Crippen LogP contribution in [0.4, 0.5) is 14.5 Å². The quantitative estimate of drug-likeness (QED) is 0.788. The van der Waals surface area contributed by atoms with Crippen LogP contribution in [-0.2, 0) is 9.53 Å². The van der Waals surface area contributed by atoms with Gasteiger partial charge in [0.25, 0.3) is 0 Å². The Kier molecular flexibility index (Phi) is 6.41. The molecule has 1 aliphatic heterocycles. The van der Waals surface area contributed by atoms with E-state index < -0.39 is 11.6 Å². The smallest absolute Gasteiger partial charge is 0.244 e. The van der Waals surface area contributed by atoms with Gasteiger partial charge in [0, 0.05) is 30.9 Å². The molecule has 28 heavy (non-hydrogen) atoms. The summed E-state index contributed by atoms with van der Waals surface area (Å²) >= 11 is 0. The van der Waals surface area contributed by atoms with E-state index in [0.29, 0.717) is 12.2 Å². The first-order valence-electron chi connectivity index (χ1n) is 9.32. The molecule has 1 aliphatic rings. The zero-order valence-corrected chi connectivity index (χ0v) is 16.0. The Morgan fingerprint density at radius 1 is 1.25 bits per heavy atom. The van der Waals surface area contributed by atoms with Crippen molar-refractivity contribution in [3.05, 3.63) is 71.3 Å². The van der Waals surface area contributed by atoms with Gasteiger partial charge in [-0.3, -0.25) is 4.79 Å². The molecule has 1 heterocycles. The van der Waals surface area contributed by atoms with E-state index in [1.807, 2.05) is 19.1 Å². The number of amides is 1. The molecule has 2 aromatic rings. The number of hydrogen-bond acceptors (Lipinski definition) is 3. The number of carbonyl (C=O) groups excluding carboxylic acids is 1. The number of morpholine rings is 1. The summed E-state index contributed by atoms with van der Waals surface area (Å²) in [6, 6.07) is 11.0. The maximum Gasteiger partial charge on any atom is 0.244 e. The molecule has 0 saturated carbocycles. The van der Waals surface area contributed by atoms with E-state index in [1.165, 1.54) is 24.3 Å². The van der Waals surface area contributed by atoms with E-state index in [1.54, 1.807) is 0 Å². The number of hydrogen-bond donors (Lipinski definition) is 1. The first-order valence-corrected chi connectivity index (χ1v) is 9.32. The molecule has 0 aliphatic carbocycles. The average molecular weight is 386 g/mol. The normalized spacial score (nSPS) is 18.3. The lowest BCUT2D eigenvalue weighted by Crippen LogP contribution is -2.41. The summed E-state index contributed by atoms with van der Waals surface area (Å²) in [6.45, 7) is 6.31. The topological polar surface area (TPSA) is 41.6 Å². The number of benzene rings is 2. The van der Waals surface area contributed by atoms with Crippen molar-refractivity contribution in [2.45, 2.75) is 26.0 Å². The third-order valence-corrected chi connectivity index (χ3v) is 4.65. The van der Waals surface area contributed by atoms with E-state index in [0.717, 1.165) is 30.4 Å². The molecule has 1 fully saturated rings. The maximum absolute atomic E-state index is 13.2. The Balaban J connectivity index is 1.63. The summed E-state index contributed by atoms with van der Waals surface area (Å²) in [7, 11) is 0. The Morgan fingerprint density at radius 2 is 2.00 bits per heavy atom. The molecule has 1 N–H and O–H groups in total. The SMILES string of the molecule is CC1CN(c2cccc([C@@H](C)NC(=O)C=Cc3cc(F)cc(F)c3)c2)CCO1. The average Bonchev–Trinajstić information content (AvgIpc) is 2.66. The van der Waals surface area contributed by atoms with Crippen LogP contribution in [0, 0.1) is 11.6 Å². The minimum absolute atomic E-state index is 0.187. The predicted octanol–water partition coefficient (Wildman–Crippen LogP) is 4.08. The molecule has 148 valence electrons. The zero-order chi connectivity index (χ0) is 20.1. The summed E-state index contributed by atoms with van der Waals surface area (Å²) in [4.78, 5) is 14.5. The molecule has 0 radical (unpaired) electrons. The van der Waals surface area contributed by atoms with Crippen LogP contribution < -0.4 is 10.2 Å². The molecule has 1 saturated heterocycles. The van der Waals surface area contributed by atoms with E-state index in [-0.39, 0.29) is 18.1 Å². The minimum Gasteiger partial charge on any atom is -0.375 e. The standard InChI is InChI=1S/C22H24F2N2O2/c1-15-14-26(8-9-28-15)21-5-3-4-18(12-21)16(2)25-22(27)7-6-17-10-19(23)13-20(24)11-17/h3-7,10-13,15-16H,8-9,14H2,1-2H3,(H,25,27)/t15?,16-/m1/s1. The van der Waals surface area contributed by atoms with Gasteiger partial charge in [-0.15, -0.1) is 0 Å². The zero-order valence-electron chi connectivity index (χ0n) is 16.0. The molecule has 2 atom stereocenters. The second-order valence-electron chi connectivity index (χ2n) is 6.99. The summed E-state index contributed by atoms with van der Waals surface area (Å²) in [5.74, 6) is -1.69. The van der Waals surface area contributed by atoms with Crippen LogP contribution >= 0.6 is 0 Å². The molecular weight excluding hydrogens is 362 g/mol.